The molecule has 0 bridgehead atoms. The van der Waals surface area contributed by atoms with E-state index in [4.69, 9.17) is 29.0 Å². The number of nitrogens with one attached hydrogen (secondary N) is 2. The van der Waals surface area contributed by atoms with Crippen LogP contribution < -0.4 is 16.6 Å². The van der Waals surface area contributed by atoms with Crippen molar-refractivity contribution in [3.05, 3.63) is 43.1 Å². The summed E-state index contributed by atoms with van der Waals surface area (Å²) in [7, 11) is 0. The summed E-state index contributed by atoms with van der Waals surface area (Å²) in [6.07, 6.45) is 1.12. The number of nitro groups is 1. The average molecular weight is 394 g/mol. The standard InChI is InChI=1S/C10H7BrCl2N6O2/c11-4-1-2-5(7(13)6(4)12)17-9-8(19(20)21)10(18-14)16-3-15-9/h1-3H,14H2,(H2,15,16,17,18). The molecule has 0 fully saturated rings. The summed E-state index contributed by atoms with van der Waals surface area (Å²) in [5.74, 6) is 5.00. The van der Waals surface area contributed by atoms with Crippen molar-refractivity contribution in [2.24, 2.45) is 5.84 Å². The lowest BCUT2D eigenvalue weighted by atomic mass is 10.3. The average Bonchev–Trinajstić information content (AvgIpc) is 2.47. The fraction of sp³-hybridized carbons (Fsp3) is 0. The van der Waals surface area contributed by atoms with Crippen molar-refractivity contribution in [1.82, 2.24) is 9.97 Å². The molecule has 0 amide bonds. The van der Waals surface area contributed by atoms with Crippen molar-refractivity contribution < 1.29 is 4.92 Å². The lowest BCUT2D eigenvalue weighted by molar-refractivity contribution is -0.383. The number of hydrazine groups is 1. The number of aromatic nitrogens is 2. The summed E-state index contributed by atoms with van der Waals surface area (Å²) in [6, 6.07) is 3.24. The zero-order valence-corrected chi connectivity index (χ0v) is 13.2. The number of hydrogen-bond acceptors (Lipinski definition) is 7. The van der Waals surface area contributed by atoms with E-state index in [0.717, 1.165) is 6.33 Å². The highest BCUT2D eigenvalue weighted by molar-refractivity contribution is 9.10. The Kier molecular flexibility index (Phi) is 4.78. The minimum Gasteiger partial charge on any atom is -0.333 e. The van der Waals surface area contributed by atoms with E-state index in [1.54, 1.807) is 12.1 Å². The lowest BCUT2D eigenvalue weighted by Crippen LogP contribution is -2.12. The normalized spacial score (nSPS) is 10.3. The summed E-state index contributed by atoms with van der Waals surface area (Å²) in [4.78, 5) is 18.0. The van der Waals surface area contributed by atoms with Crippen LogP contribution in [0.3, 0.4) is 0 Å². The Morgan fingerprint density at radius 3 is 2.52 bits per heavy atom. The lowest BCUT2D eigenvalue weighted by Gasteiger charge is -2.10. The molecule has 0 spiro atoms. The molecule has 0 radical (unpaired) electrons. The van der Waals surface area contributed by atoms with E-state index in [-0.39, 0.29) is 21.7 Å². The van der Waals surface area contributed by atoms with E-state index in [2.05, 4.69) is 36.6 Å². The van der Waals surface area contributed by atoms with Gasteiger partial charge in [0.05, 0.1) is 20.7 Å². The van der Waals surface area contributed by atoms with Gasteiger partial charge in [0.1, 0.15) is 6.33 Å². The number of nitrogens with zero attached hydrogens (tertiary/aromatic N) is 3. The number of hydrogen-bond donors (Lipinski definition) is 3. The predicted molar refractivity (Wildman–Crippen MR) is 83.9 cm³/mol. The van der Waals surface area contributed by atoms with Crippen molar-refractivity contribution in [2.75, 3.05) is 10.7 Å². The Bertz CT molecular complexity index is 714. The molecule has 0 aliphatic rings. The van der Waals surface area contributed by atoms with Gasteiger partial charge in [-0.25, -0.2) is 15.8 Å². The molecule has 110 valence electrons. The zero-order chi connectivity index (χ0) is 15.6. The van der Waals surface area contributed by atoms with Gasteiger partial charge in [0.2, 0.25) is 11.6 Å². The molecular weight excluding hydrogens is 387 g/mol. The molecule has 2 rings (SSSR count). The highest BCUT2D eigenvalue weighted by Gasteiger charge is 2.23. The van der Waals surface area contributed by atoms with Crippen LogP contribution in [-0.2, 0) is 0 Å². The molecule has 0 aliphatic carbocycles. The van der Waals surface area contributed by atoms with Gasteiger partial charge in [-0.15, -0.1) is 0 Å². The van der Waals surface area contributed by atoms with E-state index in [1.165, 1.54) is 0 Å². The van der Waals surface area contributed by atoms with E-state index in [0.29, 0.717) is 10.2 Å². The molecule has 4 N–H and O–H groups in total. The molecule has 2 aromatic rings. The van der Waals surface area contributed by atoms with Crippen LogP contribution in [0.4, 0.5) is 23.0 Å². The molecular formula is C10H7BrCl2N6O2. The van der Waals surface area contributed by atoms with E-state index < -0.39 is 10.6 Å². The second kappa shape index (κ2) is 6.39. The summed E-state index contributed by atoms with van der Waals surface area (Å²) in [6.45, 7) is 0. The van der Waals surface area contributed by atoms with Crippen LogP contribution in [0.25, 0.3) is 0 Å². The third kappa shape index (κ3) is 3.16. The fourth-order valence-electron chi connectivity index (χ4n) is 1.50. The summed E-state index contributed by atoms with van der Waals surface area (Å²) in [5, 5.41) is 14.3. The van der Waals surface area contributed by atoms with Gasteiger partial charge >= 0.3 is 5.69 Å². The highest BCUT2D eigenvalue weighted by atomic mass is 79.9. The molecule has 21 heavy (non-hydrogen) atoms. The Balaban J connectivity index is 2.50. The third-order valence-electron chi connectivity index (χ3n) is 2.43. The first kappa shape index (κ1) is 15.7. The maximum absolute atomic E-state index is 11.1. The third-order valence-corrected chi connectivity index (χ3v) is 4.20. The predicted octanol–water partition coefficient (Wildman–Crippen LogP) is 3.48. The number of nitrogen functional groups attached to an aromatic ring is 1. The van der Waals surface area contributed by atoms with Crippen LogP contribution >= 0.6 is 39.1 Å². The summed E-state index contributed by atoms with van der Waals surface area (Å²) in [5.41, 5.74) is 2.09. The number of nitrogens with two attached hydrogens (primary N) is 1. The van der Waals surface area contributed by atoms with Crippen molar-refractivity contribution in [1.29, 1.82) is 0 Å². The van der Waals surface area contributed by atoms with Gasteiger partial charge in [0.15, 0.2) is 0 Å². The largest absolute Gasteiger partial charge is 0.354 e. The number of halogens is 3. The molecule has 1 aromatic carbocycles. The van der Waals surface area contributed by atoms with Gasteiger partial charge in [-0.3, -0.25) is 10.1 Å². The van der Waals surface area contributed by atoms with Crippen LogP contribution in [0.2, 0.25) is 10.0 Å². The van der Waals surface area contributed by atoms with Gasteiger partial charge in [0, 0.05) is 4.47 Å². The smallest absolute Gasteiger partial charge is 0.333 e. The van der Waals surface area contributed by atoms with Crippen LogP contribution in [0.5, 0.6) is 0 Å². The van der Waals surface area contributed by atoms with Gasteiger partial charge in [-0.1, -0.05) is 23.2 Å². The second-order valence-electron chi connectivity index (χ2n) is 3.67. The Hall–Kier alpha value is -1.68. The zero-order valence-electron chi connectivity index (χ0n) is 10.1. The maximum atomic E-state index is 11.1. The molecule has 1 heterocycles. The number of benzene rings is 1. The minimum absolute atomic E-state index is 0.0664. The molecule has 0 atom stereocenters. The van der Waals surface area contributed by atoms with Gasteiger partial charge < -0.3 is 10.7 Å². The Labute approximate surface area is 136 Å². The number of anilines is 3. The van der Waals surface area contributed by atoms with Gasteiger partial charge in [-0.05, 0) is 28.1 Å². The molecule has 0 saturated heterocycles. The first-order valence-electron chi connectivity index (χ1n) is 5.32. The van der Waals surface area contributed by atoms with Crippen LogP contribution in [0, 0.1) is 10.1 Å². The first-order valence-corrected chi connectivity index (χ1v) is 6.87. The quantitative estimate of drug-likeness (QED) is 0.314. The van der Waals surface area contributed by atoms with Crippen LogP contribution in [0.15, 0.2) is 22.9 Å². The van der Waals surface area contributed by atoms with Crippen LogP contribution in [-0.4, -0.2) is 14.9 Å². The molecule has 0 saturated carbocycles. The SMILES string of the molecule is NNc1ncnc(Nc2ccc(Br)c(Cl)c2Cl)c1[N+](=O)[O-]. The van der Waals surface area contributed by atoms with Crippen LogP contribution in [0.1, 0.15) is 0 Å². The van der Waals surface area contributed by atoms with E-state index in [9.17, 15) is 10.1 Å². The van der Waals surface area contributed by atoms with E-state index in [1.807, 2.05) is 0 Å². The van der Waals surface area contributed by atoms with E-state index >= 15 is 0 Å². The summed E-state index contributed by atoms with van der Waals surface area (Å²) < 4.78 is 0.598. The van der Waals surface area contributed by atoms with Crippen molar-refractivity contribution >= 4 is 62.1 Å². The van der Waals surface area contributed by atoms with Gasteiger partial charge in [0.25, 0.3) is 0 Å². The Morgan fingerprint density at radius 2 is 1.90 bits per heavy atom. The molecule has 11 heteroatoms. The highest BCUT2D eigenvalue weighted by Crippen LogP contribution is 2.38. The van der Waals surface area contributed by atoms with Crippen molar-refractivity contribution in [3.63, 3.8) is 0 Å². The number of rotatable bonds is 4. The van der Waals surface area contributed by atoms with Crippen molar-refractivity contribution in [3.8, 4) is 0 Å². The fourth-order valence-corrected chi connectivity index (χ4v) is 2.32. The second-order valence-corrected chi connectivity index (χ2v) is 5.28. The minimum atomic E-state index is -0.661. The van der Waals surface area contributed by atoms with Crippen molar-refractivity contribution in [2.45, 2.75) is 0 Å². The maximum Gasteiger partial charge on any atom is 0.354 e. The molecule has 8 nitrogen and oxygen atoms in total. The monoisotopic (exact) mass is 392 g/mol. The summed E-state index contributed by atoms with van der Waals surface area (Å²) >= 11 is 15.3. The molecule has 0 unspecified atom stereocenters. The first-order chi connectivity index (χ1) is 9.95. The molecule has 1 aromatic heterocycles. The van der Waals surface area contributed by atoms with Gasteiger partial charge in [-0.2, -0.15) is 0 Å². The Morgan fingerprint density at radius 1 is 1.24 bits per heavy atom. The topological polar surface area (TPSA) is 119 Å². The molecule has 0 aliphatic heterocycles.